The minimum Gasteiger partial charge on any atom is -0.339 e. The Morgan fingerprint density at radius 3 is 2.60 bits per heavy atom. The third kappa shape index (κ3) is 3.24. The minimum atomic E-state index is -0.456. The number of aromatic nitrogens is 2. The Labute approximate surface area is 145 Å². The molecule has 1 aliphatic heterocycles. The fraction of sp³-hybridized carbons (Fsp3) is 0.500. The first-order chi connectivity index (χ1) is 11.9. The molecule has 2 heterocycles. The lowest BCUT2D eigenvalue weighted by molar-refractivity contribution is 0.0681. The molecule has 1 aromatic heterocycles. The van der Waals surface area contributed by atoms with Crippen molar-refractivity contribution in [2.45, 2.75) is 39.3 Å². The van der Waals surface area contributed by atoms with Crippen molar-refractivity contribution in [2.24, 2.45) is 11.7 Å². The third-order valence-electron chi connectivity index (χ3n) is 5.12. The molecule has 25 heavy (non-hydrogen) atoms. The van der Waals surface area contributed by atoms with Gasteiger partial charge < -0.3 is 15.6 Å². The molecule has 1 aromatic carbocycles. The Hall–Kier alpha value is -2.41. The maximum absolute atomic E-state index is 12.7. The monoisotopic (exact) mass is 344 g/mol. The predicted molar refractivity (Wildman–Crippen MR) is 96.8 cm³/mol. The maximum Gasteiger partial charge on any atom is 0.328 e. The topological polar surface area (TPSA) is 101 Å². The van der Waals surface area contributed by atoms with Crippen molar-refractivity contribution in [1.82, 2.24) is 14.5 Å². The number of amides is 1. The van der Waals surface area contributed by atoms with Gasteiger partial charge in [0.2, 0.25) is 0 Å². The first-order valence-corrected chi connectivity index (χ1v) is 8.74. The van der Waals surface area contributed by atoms with Crippen LogP contribution in [-0.4, -0.2) is 39.5 Å². The van der Waals surface area contributed by atoms with E-state index in [-0.39, 0.29) is 17.5 Å². The second-order valence-electron chi connectivity index (χ2n) is 6.73. The van der Waals surface area contributed by atoms with E-state index in [1.54, 1.807) is 25.1 Å². The number of H-pyrrole nitrogens is 1. The van der Waals surface area contributed by atoms with Crippen molar-refractivity contribution in [3.05, 3.63) is 44.6 Å². The molecule has 1 atom stereocenters. The molecule has 0 spiro atoms. The largest absolute Gasteiger partial charge is 0.339 e. The van der Waals surface area contributed by atoms with Gasteiger partial charge in [0.25, 0.3) is 11.5 Å². The Morgan fingerprint density at radius 2 is 2.00 bits per heavy atom. The Morgan fingerprint density at radius 1 is 1.32 bits per heavy atom. The number of carbonyl (C=O) groups excluding carboxylic acids is 1. The molecule has 2 aromatic rings. The summed E-state index contributed by atoms with van der Waals surface area (Å²) in [5.74, 6) is 0.370. The maximum atomic E-state index is 12.7. The molecule has 1 fully saturated rings. The van der Waals surface area contributed by atoms with Gasteiger partial charge in [-0.25, -0.2) is 4.79 Å². The van der Waals surface area contributed by atoms with Crippen molar-refractivity contribution >= 4 is 16.8 Å². The fourth-order valence-corrected chi connectivity index (χ4v) is 3.49. The van der Waals surface area contributed by atoms with Crippen molar-refractivity contribution < 1.29 is 4.79 Å². The van der Waals surface area contributed by atoms with E-state index in [0.29, 0.717) is 42.0 Å². The molecule has 134 valence electrons. The standard InChI is InChI=1S/C18H24N4O3/c1-3-22-17(24)14-5-4-13(10-15(14)20-18(22)25)16(23)21-8-6-12(7-9-21)11(2)19/h4-5,10-12H,3,6-9,19H2,1-2H3,(H,20,25). The Bertz CT molecular complexity index is 905. The van der Waals surface area contributed by atoms with Crippen LogP contribution >= 0.6 is 0 Å². The lowest BCUT2D eigenvalue weighted by Gasteiger charge is -2.33. The van der Waals surface area contributed by atoms with Crippen LogP contribution < -0.4 is 17.0 Å². The van der Waals surface area contributed by atoms with Gasteiger partial charge in [-0.15, -0.1) is 0 Å². The number of hydrogen-bond acceptors (Lipinski definition) is 4. The smallest absolute Gasteiger partial charge is 0.328 e. The summed E-state index contributed by atoms with van der Waals surface area (Å²) < 4.78 is 1.14. The SMILES string of the molecule is CCn1c(=O)[nH]c2cc(C(=O)N3CCC(C(C)N)CC3)ccc2c1=O. The van der Waals surface area contributed by atoms with E-state index in [0.717, 1.165) is 17.4 Å². The number of carbonyl (C=O) groups is 1. The van der Waals surface area contributed by atoms with Crippen LogP contribution in [0.5, 0.6) is 0 Å². The summed E-state index contributed by atoms with van der Waals surface area (Å²) in [5, 5.41) is 0.411. The van der Waals surface area contributed by atoms with E-state index in [2.05, 4.69) is 4.98 Å². The van der Waals surface area contributed by atoms with Crippen LogP contribution in [0.1, 0.15) is 37.0 Å². The molecule has 3 rings (SSSR count). The van der Waals surface area contributed by atoms with Crippen LogP contribution in [0.15, 0.2) is 27.8 Å². The van der Waals surface area contributed by atoms with Gasteiger partial charge in [-0.3, -0.25) is 14.2 Å². The van der Waals surface area contributed by atoms with Crippen LogP contribution in [-0.2, 0) is 6.54 Å². The first kappa shape index (κ1) is 17.4. The summed E-state index contributed by atoms with van der Waals surface area (Å²) in [7, 11) is 0. The molecule has 3 N–H and O–H groups in total. The van der Waals surface area contributed by atoms with Gasteiger partial charge >= 0.3 is 5.69 Å². The fourth-order valence-electron chi connectivity index (χ4n) is 3.49. The van der Waals surface area contributed by atoms with Gasteiger partial charge in [0.1, 0.15) is 0 Å². The van der Waals surface area contributed by atoms with Gasteiger partial charge in [-0.1, -0.05) is 0 Å². The molecule has 0 aliphatic carbocycles. The summed E-state index contributed by atoms with van der Waals surface area (Å²) in [6.45, 7) is 5.41. The number of nitrogens with two attached hydrogens (primary N) is 1. The van der Waals surface area contributed by atoms with Crippen molar-refractivity contribution in [1.29, 1.82) is 0 Å². The normalized spacial score (nSPS) is 17.0. The second-order valence-corrected chi connectivity index (χ2v) is 6.73. The molecular formula is C18H24N4O3. The number of nitrogens with zero attached hydrogens (tertiary/aromatic N) is 2. The minimum absolute atomic E-state index is 0.0782. The molecular weight excluding hydrogens is 320 g/mol. The highest BCUT2D eigenvalue weighted by Gasteiger charge is 2.25. The first-order valence-electron chi connectivity index (χ1n) is 8.74. The molecule has 1 amide bonds. The zero-order valence-electron chi connectivity index (χ0n) is 14.6. The quantitative estimate of drug-likeness (QED) is 0.864. The molecule has 0 bridgehead atoms. The summed E-state index contributed by atoms with van der Waals surface area (Å²) in [6.07, 6.45) is 1.80. The summed E-state index contributed by atoms with van der Waals surface area (Å²) in [4.78, 5) is 41.5. The van der Waals surface area contributed by atoms with E-state index in [4.69, 9.17) is 5.73 Å². The van der Waals surface area contributed by atoms with E-state index in [1.165, 1.54) is 0 Å². The number of likely N-dealkylation sites (tertiary alicyclic amines) is 1. The van der Waals surface area contributed by atoms with Crippen LogP contribution in [0, 0.1) is 5.92 Å². The van der Waals surface area contributed by atoms with Crippen LogP contribution in [0.25, 0.3) is 10.9 Å². The Kier molecular flexibility index (Phi) is 4.76. The number of fused-ring (bicyclic) bond motifs is 1. The second kappa shape index (κ2) is 6.84. The van der Waals surface area contributed by atoms with Gasteiger partial charge in [0.15, 0.2) is 0 Å². The van der Waals surface area contributed by atoms with Gasteiger partial charge in [0, 0.05) is 31.2 Å². The summed E-state index contributed by atoms with van der Waals surface area (Å²) >= 11 is 0. The third-order valence-corrected chi connectivity index (χ3v) is 5.12. The number of nitrogens with one attached hydrogen (secondary N) is 1. The van der Waals surface area contributed by atoms with Crippen LogP contribution in [0.2, 0.25) is 0 Å². The summed E-state index contributed by atoms with van der Waals surface area (Å²) in [5.41, 5.74) is 6.04. The van der Waals surface area contributed by atoms with E-state index in [9.17, 15) is 14.4 Å². The number of aromatic amines is 1. The highest BCUT2D eigenvalue weighted by atomic mass is 16.2. The lowest BCUT2D eigenvalue weighted by Crippen LogP contribution is -2.42. The van der Waals surface area contributed by atoms with E-state index < -0.39 is 5.69 Å². The highest BCUT2D eigenvalue weighted by molar-refractivity contribution is 5.97. The number of hydrogen-bond donors (Lipinski definition) is 2. The lowest BCUT2D eigenvalue weighted by atomic mass is 9.90. The van der Waals surface area contributed by atoms with Crippen LogP contribution in [0.3, 0.4) is 0 Å². The average molecular weight is 344 g/mol. The van der Waals surface area contributed by atoms with Crippen LogP contribution in [0.4, 0.5) is 0 Å². The number of rotatable bonds is 3. The molecule has 0 saturated carbocycles. The van der Waals surface area contributed by atoms with Crippen molar-refractivity contribution in [3.8, 4) is 0 Å². The predicted octanol–water partition coefficient (Wildman–Crippen LogP) is 0.909. The van der Waals surface area contributed by atoms with Gasteiger partial charge in [0.05, 0.1) is 10.9 Å². The molecule has 7 nitrogen and oxygen atoms in total. The van der Waals surface area contributed by atoms with E-state index >= 15 is 0 Å². The number of benzene rings is 1. The zero-order valence-corrected chi connectivity index (χ0v) is 14.6. The molecule has 1 aliphatic rings. The molecule has 0 radical (unpaired) electrons. The average Bonchev–Trinajstić information content (AvgIpc) is 2.61. The molecule has 1 saturated heterocycles. The van der Waals surface area contributed by atoms with Crippen molar-refractivity contribution in [2.75, 3.05) is 13.1 Å². The number of piperidine rings is 1. The highest BCUT2D eigenvalue weighted by Crippen LogP contribution is 2.21. The zero-order chi connectivity index (χ0) is 18.1. The van der Waals surface area contributed by atoms with Gasteiger partial charge in [-0.05, 0) is 50.8 Å². The van der Waals surface area contributed by atoms with Gasteiger partial charge in [-0.2, -0.15) is 0 Å². The molecule has 7 heteroatoms. The van der Waals surface area contributed by atoms with Crippen molar-refractivity contribution in [3.63, 3.8) is 0 Å². The Balaban J connectivity index is 1.88. The van der Waals surface area contributed by atoms with E-state index in [1.807, 2.05) is 11.8 Å². The molecule has 1 unspecified atom stereocenters. The summed E-state index contributed by atoms with van der Waals surface area (Å²) in [6, 6.07) is 5.01.